The van der Waals surface area contributed by atoms with Crippen LogP contribution in [0.15, 0.2) is 0 Å². The van der Waals surface area contributed by atoms with E-state index in [0.717, 1.165) is 5.40 Å². The second-order valence-electron chi connectivity index (χ2n) is 0.644. The summed E-state index contributed by atoms with van der Waals surface area (Å²) in [7, 11) is -4.34. The minimum absolute atomic E-state index is 0. The molecule has 0 aromatic heterocycles. The second kappa shape index (κ2) is 3.55. The number of hydrogen-bond acceptors (Lipinski definition) is 2. The predicted octanol–water partition coefficient (Wildman–Crippen LogP) is -1.22. The molecule has 0 aromatic carbocycles. The molecule has 0 aliphatic rings. The Balaban J connectivity index is 0. The van der Waals surface area contributed by atoms with Crippen molar-refractivity contribution in [2.24, 2.45) is 0 Å². The Morgan fingerprint density at radius 1 is 1.57 bits per heavy atom. The number of thiocyanates is 1. The summed E-state index contributed by atoms with van der Waals surface area (Å²) in [6.07, 6.45) is 0. The minimum atomic E-state index is -4.34. The van der Waals surface area contributed by atoms with E-state index < -0.39 is 10.5 Å². The first kappa shape index (κ1) is 10.5. The Morgan fingerprint density at radius 2 is 1.71 bits per heavy atom. The summed E-state index contributed by atoms with van der Waals surface area (Å²) < 4.78 is 24.5. The third-order valence-corrected chi connectivity index (χ3v) is 0.391. The van der Waals surface area contributed by atoms with Crippen LogP contribution in [0.1, 0.15) is 0 Å². The Bertz CT molecular complexity index is 121. The zero-order valence-electron chi connectivity index (χ0n) is 2.70. The topological polar surface area (TPSA) is 81.3 Å². The van der Waals surface area contributed by atoms with Crippen LogP contribution in [0.2, 0.25) is 0 Å². The zero-order chi connectivity index (χ0) is 5.21. The van der Waals surface area contributed by atoms with E-state index >= 15 is 0 Å². The molecular weight excluding hydrogens is 129 g/mol. The molecule has 0 rings (SSSR count). The standard InChI is InChI=1S/CH3NO3S.Na.H/c2-1-6(3,4)5;;/h6H,(H2,3,4,5);;. The van der Waals surface area contributed by atoms with Gasteiger partial charge in [-0.15, -0.1) is 0 Å². The van der Waals surface area contributed by atoms with Crippen molar-refractivity contribution in [1.29, 1.82) is 5.26 Å². The molecule has 0 saturated heterocycles. The van der Waals surface area contributed by atoms with Gasteiger partial charge < -0.3 is 0 Å². The molecule has 0 fully saturated rings. The van der Waals surface area contributed by atoms with E-state index in [4.69, 9.17) is 14.4 Å². The van der Waals surface area contributed by atoms with Gasteiger partial charge in [0.15, 0.2) is 15.9 Å². The van der Waals surface area contributed by atoms with E-state index in [0.29, 0.717) is 0 Å². The van der Waals surface area contributed by atoms with Crippen molar-refractivity contribution in [1.82, 2.24) is 0 Å². The molecule has 2 N–H and O–H groups in total. The van der Waals surface area contributed by atoms with Crippen molar-refractivity contribution in [2.45, 2.75) is 0 Å². The van der Waals surface area contributed by atoms with E-state index in [9.17, 15) is 4.21 Å². The molecule has 38 valence electrons. The van der Waals surface area contributed by atoms with E-state index in [1.807, 2.05) is 0 Å². The summed E-state index contributed by atoms with van der Waals surface area (Å²) in [6, 6.07) is 0. The summed E-state index contributed by atoms with van der Waals surface area (Å²) in [4.78, 5) is 0. The number of rotatable bonds is 0. The van der Waals surface area contributed by atoms with Crippen LogP contribution in [-0.2, 0) is 10.5 Å². The Kier molecular flexibility index (Phi) is 5.33. The Hall–Kier alpha value is 0.560. The number of nitriles is 1. The molecule has 0 radical (unpaired) electrons. The maximum absolute atomic E-state index is 9.33. The van der Waals surface area contributed by atoms with Gasteiger partial charge in [-0.2, -0.15) is 5.26 Å². The van der Waals surface area contributed by atoms with Crippen molar-refractivity contribution in [3.63, 3.8) is 0 Å². The molecule has 0 bridgehead atoms. The van der Waals surface area contributed by atoms with Crippen LogP contribution < -0.4 is 0 Å². The van der Waals surface area contributed by atoms with Crippen molar-refractivity contribution in [2.75, 3.05) is 0 Å². The van der Waals surface area contributed by atoms with Gasteiger partial charge in [-0.1, -0.05) is 0 Å². The maximum atomic E-state index is 9.33. The van der Waals surface area contributed by atoms with Crippen molar-refractivity contribution in [3.05, 3.63) is 0 Å². The molecule has 4 nitrogen and oxygen atoms in total. The number of nitrogens with zero attached hydrogens (tertiary/aromatic N) is 1. The first-order valence-corrected chi connectivity index (χ1v) is 2.64. The summed E-state index contributed by atoms with van der Waals surface area (Å²) in [5, 5.41) is 8.16. The van der Waals surface area contributed by atoms with Gasteiger partial charge >= 0.3 is 29.6 Å². The van der Waals surface area contributed by atoms with Gasteiger partial charge in [-0.05, 0) is 0 Å². The van der Waals surface area contributed by atoms with Crippen LogP contribution in [0.3, 0.4) is 0 Å². The first-order chi connectivity index (χ1) is 2.56. The summed E-state index contributed by atoms with van der Waals surface area (Å²) in [5.41, 5.74) is 0. The number of hydrogen-bond donors (Lipinski definition) is 3. The fraction of sp³-hybridized carbons (Fsp3) is 0. The summed E-state index contributed by atoms with van der Waals surface area (Å²) in [6.45, 7) is 0. The molecule has 0 heterocycles. The molecule has 0 atom stereocenters. The third kappa shape index (κ3) is 10.8. The average Bonchev–Trinajstić information content (AvgIpc) is 1.35. The molecule has 0 aromatic rings. The Morgan fingerprint density at radius 3 is 1.71 bits per heavy atom. The predicted molar refractivity (Wildman–Crippen MR) is 27.6 cm³/mol. The quantitative estimate of drug-likeness (QED) is 0.220. The Labute approximate surface area is 63.9 Å². The SMILES string of the molecule is N#C[SH](=O)(O)O.[NaH]. The van der Waals surface area contributed by atoms with E-state index in [2.05, 4.69) is 0 Å². The summed E-state index contributed by atoms with van der Waals surface area (Å²) in [5.74, 6) is 0. The molecule has 0 amide bonds. The molecule has 7 heavy (non-hydrogen) atoms. The van der Waals surface area contributed by atoms with Crippen LogP contribution in [0.5, 0.6) is 0 Å². The van der Waals surface area contributed by atoms with Gasteiger partial charge in [0, 0.05) is 0 Å². The molecule has 0 aliphatic heterocycles. The van der Waals surface area contributed by atoms with E-state index in [-0.39, 0.29) is 29.6 Å². The second-order valence-corrected chi connectivity index (χ2v) is 1.93. The van der Waals surface area contributed by atoms with Crippen LogP contribution in [0.25, 0.3) is 0 Å². The first-order valence-electron chi connectivity index (χ1n) is 1.03. The third-order valence-electron chi connectivity index (χ3n) is 0.130. The van der Waals surface area contributed by atoms with Crippen molar-refractivity contribution in [3.8, 4) is 5.40 Å². The van der Waals surface area contributed by atoms with Gasteiger partial charge in [0.1, 0.15) is 0 Å². The van der Waals surface area contributed by atoms with Gasteiger partial charge in [-0.3, -0.25) is 9.11 Å². The molecule has 0 unspecified atom stereocenters. The van der Waals surface area contributed by atoms with E-state index in [1.54, 1.807) is 0 Å². The van der Waals surface area contributed by atoms with Gasteiger partial charge in [0.25, 0.3) is 0 Å². The van der Waals surface area contributed by atoms with Crippen molar-refractivity contribution >= 4 is 40.1 Å². The monoisotopic (exact) mass is 133 g/mol. The molecule has 0 spiro atoms. The molecular formula is CH4NNaO3S. The van der Waals surface area contributed by atoms with E-state index in [1.165, 1.54) is 0 Å². The van der Waals surface area contributed by atoms with Crippen LogP contribution in [0.4, 0.5) is 0 Å². The van der Waals surface area contributed by atoms with Crippen molar-refractivity contribution < 1.29 is 13.3 Å². The molecule has 0 saturated carbocycles. The van der Waals surface area contributed by atoms with Gasteiger partial charge in [0.05, 0.1) is 0 Å². The van der Waals surface area contributed by atoms with Crippen LogP contribution in [-0.4, -0.2) is 42.9 Å². The zero-order valence-corrected chi connectivity index (χ0v) is 3.59. The van der Waals surface area contributed by atoms with Gasteiger partial charge in [0.2, 0.25) is 0 Å². The summed E-state index contributed by atoms with van der Waals surface area (Å²) >= 11 is 0. The number of thiol groups is 1. The molecule has 6 heteroatoms. The fourth-order valence-corrected chi connectivity index (χ4v) is 0. The van der Waals surface area contributed by atoms with Crippen LogP contribution >= 0.6 is 0 Å². The normalized spacial score (nSPS) is 11.0. The average molecular weight is 133 g/mol. The van der Waals surface area contributed by atoms with Gasteiger partial charge in [-0.25, -0.2) is 4.21 Å². The molecule has 0 aliphatic carbocycles. The van der Waals surface area contributed by atoms with Crippen LogP contribution in [0, 0.1) is 10.7 Å². The fourth-order valence-electron chi connectivity index (χ4n) is 0.